The fourth-order valence-corrected chi connectivity index (χ4v) is 3.52. The maximum atomic E-state index is 12.6. The van der Waals surface area contributed by atoms with Crippen molar-refractivity contribution < 1.29 is 9.53 Å². The number of benzene rings is 1. The minimum atomic E-state index is -0.626. The van der Waals surface area contributed by atoms with E-state index in [9.17, 15) is 4.79 Å². The standard InChI is InChI=1S/C17H20O2/c1-16(2)14-9-10-17(3,19-16)15(18)13(14)11-12-7-5-4-6-8-12/h4-8,11,14H,9-10H2,1-3H3/b13-11+. The highest BCUT2D eigenvalue weighted by atomic mass is 16.5. The highest BCUT2D eigenvalue weighted by Crippen LogP contribution is 2.50. The van der Waals surface area contributed by atoms with Crippen LogP contribution in [0.3, 0.4) is 0 Å². The Morgan fingerprint density at radius 3 is 2.53 bits per heavy atom. The number of rotatable bonds is 1. The van der Waals surface area contributed by atoms with E-state index in [1.807, 2.05) is 37.3 Å². The number of hydrogen-bond acceptors (Lipinski definition) is 2. The van der Waals surface area contributed by atoms with Crippen LogP contribution in [0.15, 0.2) is 35.9 Å². The van der Waals surface area contributed by atoms with Gasteiger partial charge in [0.1, 0.15) is 5.60 Å². The topological polar surface area (TPSA) is 26.3 Å². The minimum absolute atomic E-state index is 0.173. The van der Waals surface area contributed by atoms with Crippen LogP contribution in [0, 0.1) is 5.92 Å². The molecule has 0 amide bonds. The van der Waals surface area contributed by atoms with E-state index in [1.54, 1.807) is 0 Å². The van der Waals surface area contributed by atoms with Gasteiger partial charge < -0.3 is 4.74 Å². The molecular formula is C17H20O2. The Labute approximate surface area is 114 Å². The van der Waals surface area contributed by atoms with Crippen LogP contribution in [0.5, 0.6) is 0 Å². The van der Waals surface area contributed by atoms with Crippen LogP contribution >= 0.6 is 0 Å². The van der Waals surface area contributed by atoms with Gasteiger partial charge in [0, 0.05) is 11.5 Å². The third-order valence-corrected chi connectivity index (χ3v) is 4.48. The zero-order chi connectivity index (χ0) is 13.7. The van der Waals surface area contributed by atoms with Crippen molar-refractivity contribution in [2.75, 3.05) is 0 Å². The molecule has 3 aliphatic rings. The van der Waals surface area contributed by atoms with Gasteiger partial charge in [-0.1, -0.05) is 30.3 Å². The number of carbonyl (C=O) groups is 1. The average Bonchev–Trinajstić information content (AvgIpc) is 2.34. The molecule has 2 atom stereocenters. The van der Waals surface area contributed by atoms with Gasteiger partial charge in [-0.05, 0) is 45.3 Å². The van der Waals surface area contributed by atoms with Gasteiger partial charge in [0.25, 0.3) is 0 Å². The summed E-state index contributed by atoms with van der Waals surface area (Å²) in [6, 6.07) is 10.1. The maximum Gasteiger partial charge on any atom is 0.190 e. The third-order valence-electron chi connectivity index (χ3n) is 4.48. The van der Waals surface area contributed by atoms with Crippen molar-refractivity contribution >= 4 is 11.9 Å². The van der Waals surface area contributed by atoms with E-state index in [1.165, 1.54) is 0 Å². The molecule has 0 N–H and O–H groups in total. The molecule has 0 aromatic heterocycles. The summed E-state index contributed by atoms with van der Waals surface area (Å²) >= 11 is 0. The Hall–Kier alpha value is -1.41. The molecule has 2 bridgehead atoms. The van der Waals surface area contributed by atoms with Gasteiger partial charge in [0.05, 0.1) is 5.60 Å². The summed E-state index contributed by atoms with van der Waals surface area (Å²) in [7, 11) is 0. The van der Waals surface area contributed by atoms with Gasteiger partial charge in [0.2, 0.25) is 0 Å². The average molecular weight is 256 g/mol. The number of ether oxygens (including phenoxy) is 1. The van der Waals surface area contributed by atoms with Crippen LogP contribution in [0.25, 0.3) is 6.08 Å². The molecule has 0 spiro atoms. The first-order valence-electron chi connectivity index (χ1n) is 6.94. The first-order chi connectivity index (χ1) is 8.92. The highest BCUT2D eigenvalue weighted by Gasteiger charge is 2.56. The predicted octanol–water partition coefficient (Wildman–Crippen LogP) is 3.62. The van der Waals surface area contributed by atoms with Crippen molar-refractivity contribution in [3.8, 4) is 0 Å². The van der Waals surface area contributed by atoms with Crippen molar-refractivity contribution in [2.24, 2.45) is 5.92 Å². The molecule has 4 rings (SSSR count). The Kier molecular flexibility index (Phi) is 2.68. The fourth-order valence-electron chi connectivity index (χ4n) is 3.52. The molecule has 1 aromatic carbocycles. The number of ketones is 1. The van der Waals surface area contributed by atoms with Gasteiger partial charge in [-0.2, -0.15) is 0 Å². The van der Waals surface area contributed by atoms with Gasteiger partial charge >= 0.3 is 0 Å². The third kappa shape index (κ3) is 1.95. The molecular weight excluding hydrogens is 236 g/mol. The first-order valence-corrected chi connectivity index (χ1v) is 6.94. The molecule has 2 nitrogen and oxygen atoms in total. The number of fused-ring (bicyclic) bond motifs is 3. The lowest BCUT2D eigenvalue weighted by molar-refractivity contribution is -0.206. The van der Waals surface area contributed by atoms with Gasteiger partial charge in [-0.25, -0.2) is 0 Å². The second-order valence-corrected chi connectivity index (χ2v) is 6.37. The molecule has 3 fully saturated rings. The smallest absolute Gasteiger partial charge is 0.190 e. The number of carbonyl (C=O) groups excluding carboxylic acids is 1. The molecule has 19 heavy (non-hydrogen) atoms. The Balaban J connectivity index is 2.06. The minimum Gasteiger partial charge on any atom is -0.361 e. The molecule has 100 valence electrons. The quantitative estimate of drug-likeness (QED) is 0.717. The molecule has 2 heterocycles. The van der Waals surface area contributed by atoms with Crippen LogP contribution in [0.2, 0.25) is 0 Å². The molecule has 2 unspecified atom stereocenters. The fraction of sp³-hybridized carbons (Fsp3) is 0.471. The van der Waals surface area contributed by atoms with E-state index in [0.717, 1.165) is 24.0 Å². The lowest BCUT2D eigenvalue weighted by Gasteiger charge is -2.53. The van der Waals surface area contributed by atoms with Crippen molar-refractivity contribution in [1.29, 1.82) is 0 Å². The summed E-state index contributed by atoms with van der Waals surface area (Å²) in [6.07, 6.45) is 3.93. The normalized spacial score (nSPS) is 34.8. The SMILES string of the molecule is CC12CCC(/C(=C\c3ccccc3)C1=O)C(C)(C)O2. The Morgan fingerprint density at radius 2 is 1.89 bits per heavy atom. The van der Waals surface area contributed by atoms with Gasteiger partial charge in [0.15, 0.2) is 5.78 Å². The van der Waals surface area contributed by atoms with Crippen LogP contribution < -0.4 is 0 Å². The molecule has 1 aliphatic carbocycles. The van der Waals surface area contributed by atoms with Crippen molar-refractivity contribution in [3.63, 3.8) is 0 Å². The predicted molar refractivity (Wildman–Crippen MR) is 75.7 cm³/mol. The Morgan fingerprint density at radius 1 is 1.21 bits per heavy atom. The van der Waals surface area contributed by atoms with Gasteiger partial charge in [-0.15, -0.1) is 0 Å². The molecule has 0 radical (unpaired) electrons. The van der Waals surface area contributed by atoms with Crippen LogP contribution in [-0.4, -0.2) is 17.0 Å². The van der Waals surface area contributed by atoms with Crippen LogP contribution in [-0.2, 0) is 9.53 Å². The maximum absolute atomic E-state index is 12.6. The zero-order valence-electron chi connectivity index (χ0n) is 11.8. The Bertz CT molecular complexity index is 542. The van der Waals surface area contributed by atoms with Crippen molar-refractivity contribution in [3.05, 3.63) is 41.5 Å². The summed E-state index contributed by atoms with van der Waals surface area (Å²) in [5.74, 6) is 0.383. The van der Waals surface area contributed by atoms with Crippen LogP contribution in [0.1, 0.15) is 39.2 Å². The van der Waals surface area contributed by atoms with E-state index in [2.05, 4.69) is 19.9 Å². The molecule has 1 saturated carbocycles. The van der Waals surface area contributed by atoms with Gasteiger partial charge in [-0.3, -0.25) is 4.79 Å². The van der Waals surface area contributed by atoms with Crippen molar-refractivity contribution in [1.82, 2.24) is 0 Å². The zero-order valence-corrected chi connectivity index (χ0v) is 11.8. The largest absolute Gasteiger partial charge is 0.361 e. The number of hydrogen-bond donors (Lipinski definition) is 0. The lowest BCUT2D eigenvalue weighted by atomic mass is 9.65. The van der Waals surface area contributed by atoms with Crippen molar-refractivity contribution in [2.45, 2.75) is 44.8 Å². The summed E-state index contributed by atoms with van der Waals surface area (Å²) in [5, 5.41) is 0. The molecule has 2 aliphatic heterocycles. The first kappa shape index (κ1) is 12.6. The van der Waals surface area contributed by atoms with E-state index in [0.29, 0.717) is 0 Å². The summed E-state index contributed by atoms with van der Waals surface area (Å²) in [5.41, 5.74) is 1.16. The number of Topliss-reactive ketones (excluding diaryl/α,β-unsaturated/α-hetero) is 1. The van der Waals surface area contributed by atoms with E-state index in [4.69, 9.17) is 4.74 Å². The summed E-state index contributed by atoms with van der Waals surface area (Å²) in [4.78, 5) is 12.6. The second kappa shape index (κ2) is 4.04. The molecule has 1 aromatic rings. The van der Waals surface area contributed by atoms with E-state index < -0.39 is 5.60 Å². The lowest BCUT2D eigenvalue weighted by Crippen LogP contribution is -2.60. The van der Waals surface area contributed by atoms with E-state index in [-0.39, 0.29) is 17.3 Å². The van der Waals surface area contributed by atoms with Crippen LogP contribution in [0.4, 0.5) is 0 Å². The molecule has 2 saturated heterocycles. The summed E-state index contributed by atoms with van der Waals surface area (Å²) in [6.45, 7) is 6.13. The molecule has 2 heteroatoms. The highest BCUT2D eigenvalue weighted by molar-refractivity contribution is 6.07. The second-order valence-electron chi connectivity index (χ2n) is 6.37. The monoisotopic (exact) mass is 256 g/mol. The summed E-state index contributed by atoms with van der Waals surface area (Å²) < 4.78 is 6.05. The van der Waals surface area contributed by atoms with E-state index >= 15 is 0 Å².